The molecule has 0 aromatic rings. The van der Waals surface area contributed by atoms with Crippen molar-refractivity contribution in [3.8, 4) is 0 Å². The van der Waals surface area contributed by atoms with E-state index in [9.17, 15) is 19.2 Å². The first-order chi connectivity index (χ1) is 15.8. The van der Waals surface area contributed by atoms with Crippen LogP contribution in [0.5, 0.6) is 0 Å². The molecule has 0 bridgehead atoms. The van der Waals surface area contributed by atoms with Gasteiger partial charge in [0.15, 0.2) is 0 Å². The van der Waals surface area contributed by atoms with Gasteiger partial charge in [-0.3, -0.25) is 14.5 Å². The summed E-state index contributed by atoms with van der Waals surface area (Å²) >= 11 is 0. The van der Waals surface area contributed by atoms with E-state index in [0.29, 0.717) is 0 Å². The van der Waals surface area contributed by atoms with Crippen molar-refractivity contribution in [3.63, 3.8) is 0 Å². The molecule has 35 heavy (non-hydrogen) atoms. The number of ether oxygens (including phenoxy) is 3. The number of amides is 2. The molecule has 12 nitrogen and oxygen atoms in total. The Bertz CT molecular complexity index is 848. The highest BCUT2D eigenvalue weighted by Crippen LogP contribution is 2.28. The van der Waals surface area contributed by atoms with Crippen LogP contribution in [0.4, 0.5) is 4.79 Å². The summed E-state index contributed by atoms with van der Waals surface area (Å²) in [7, 11) is 0. The lowest BCUT2D eigenvalue weighted by Gasteiger charge is -2.31. The van der Waals surface area contributed by atoms with Gasteiger partial charge in [0.25, 0.3) is 0 Å². The van der Waals surface area contributed by atoms with Crippen LogP contribution in [0, 0.1) is 0 Å². The number of esters is 2. The predicted octanol–water partition coefficient (Wildman–Crippen LogP) is 3.97. The maximum absolute atomic E-state index is 13.2. The average Bonchev–Trinajstić information content (AvgIpc) is 3.05. The van der Waals surface area contributed by atoms with E-state index in [1.54, 1.807) is 62.3 Å². The molecule has 0 aromatic heterocycles. The van der Waals surface area contributed by atoms with Crippen LogP contribution in [0.2, 0.25) is 0 Å². The van der Waals surface area contributed by atoms with E-state index in [4.69, 9.17) is 19.7 Å². The smallest absolute Gasteiger partial charge is 0.411 e. The van der Waals surface area contributed by atoms with Crippen LogP contribution in [0.3, 0.4) is 0 Å². The van der Waals surface area contributed by atoms with E-state index < -0.39 is 59.0 Å². The molecule has 0 aliphatic carbocycles. The first-order valence-electron chi connectivity index (χ1n) is 11.6. The normalized spacial score (nSPS) is 19.3. The van der Waals surface area contributed by atoms with Crippen LogP contribution in [0.25, 0.3) is 10.4 Å². The number of azide groups is 1. The van der Waals surface area contributed by atoms with Gasteiger partial charge in [-0.2, -0.15) is 0 Å². The van der Waals surface area contributed by atoms with Gasteiger partial charge in [0.1, 0.15) is 35.1 Å². The minimum Gasteiger partial charge on any atom is -0.460 e. The van der Waals surface area contributed by atoms with Crippen molar-refractivity contribution in [3.05, 3.63) is 10.4 Å². The zero-order valence-corrected chi connectivity index (χ0v) is 22.2. The van der Waals surface area contributed by atoms with Gasteiger partial charge >= 0.3 is 18.0 Å². The van der Waals surface area contributed by atoms with Crippen molar-refractivity contribution in [2.24, 2.45) is 5.11 Å². The first-order valence-corrected chi connectivity index (χ1v) is 11.6. The average molecular weight is 498 g/mol. The van der Waals surface area contributed by atoms with Gasteiger partial charge in [0.2, 0.25) is 5.91 Å². The van der Waals surface area contributed by atoms with Crippen molar-refractivity contribution >= 4 is 23.9 Å². The minimum absolute atomic E-state index is 0.0610. The Balaban J connectivity index is 3.09. The molecule has 12 heteroatoms. The van der Waals surface area contributed by atoms with Gasteiger partial charge in [-0.15, -0.1) is 0 Å². The van der Waals surface area contributed by atoms with E-state index in [1.807, 2.05) is 0 Å². The molecule has 1 N–H and O–H groups in total. The number of rotatable bonds is 7. The van der Waals surface area contributed by atoms with Crippen LogP contribution >= 0.6 is 0 Å². The topological polar surface area (TPSA) is 160 Å². The monoisotopic (exact) mass is 497 g/mol. The summed E-state index contributed by atoms with van der Waals surface area (Å²) in [4.78, 5) is 54.9. The lowest BCUT2D eigenvalue weighted by molar-refractivity contribution is -0.160. The Morgan fingerprint density at radius 3 is 1.97 bits per heavy atom. The van der Waals surface area contributed by atoms with Crippen molar-refractivity contribution in [2.45, 2.75) is 123 Å². The highest BCUT2D eigenvalue weighted by atomic mass is 16.6. The molecule has 1 saturated heterocycles. The Morgan fingerprint density at radius 2 is 1.49 bits per heavy atom. The summed E-state index contributed by atoms with van der Waals surface area (Å²) in [6.07, 6.45) is -1.47. The highest BCUT2D eigenvalue weighted by Gasteiger charge is 2.43. The lowest BCUT2D eigenvalue weighted by Crippen LogP contribution is -2.54. The lowest BCUT2D eigenvalue weighted by atomic mass is 10.1. The molecule has 3 atom stereocenters. The summed E-state index contributed by atoms with van der Waals surface area (Å²) in [5, 5.41) is 6.22. The third-order valence-electron chi connectivity index (χ3n) is 4.51. The van der Waals surface area contributed by atoms with Crippen molar-refractivity contribution in [2.75, 3.05) is 0 Å². The van der Waals surface area contributed by atoms with E-state index >= 15 is 0 Å². The van der Waals surface area contributed by atoms with Gasteiger partial charge in [0, 0.05) is 11.3 Å². The van der Waals surface area contributed by atoms with Gasteiger partial charge in [0.05, 0.1) is 0 Å². The second-order valence-electron chi connectivity index (χ2n) is 11.4. The first kappa shape index (κ1) is 30.0. The Hall–Kier alpha value is -3.01. The SMILES string of the molecule is CC(C)(C)OC(=O)CC[C@H](NC(=O)[C@@H]1CC[C@H](N=[N+]=[N-])N1C(=O)OC(C)(C)C)C(=O)OC(C)(C)C. The standard InChI is InChI=1S/C23H39N5O7/c1-21(2,3)33-17(29)13-10-14(19(31)34-22(4,5)6)25-18(30)15-11-12-16(26-27-24)28(15)20(32)35-23(7,8)9/h14-16H,10-13H2,1-9H3,(H,25,30)/t14-,15-,16+/m0/s1. The summed E-state index contributed by atoms with van der Waals surface area (Å²) in [5.41, 5.74) is 6.52. The number of hydrogen-bond donors (Lipinski definition) is 1. The van der Waals surface area contributed by atoms with Gasteiger partial charge in [-0.1, -0.05) is 5.11 Å². The van der Waals surface area contributed by atoms with Crippen LogP contribution in [0.15, 0.2) is 5.11 Å². The summed E-state index contributed by atoms with van der Waals surface area (Å²) in [6, 6.07) is -2.19. The third kappa shape index (κ3) is 10.9. The fourth-order valence-electron chi connectivity index (χ4n) is 3.33. The van der Waals surface area contributed by atoms with Crippen LogP contribution in [-0.4, -0.2) is 63.9 Å². The summed E-state index contributed by atoms with van der Waals surface area (Å²) in [6.45, 7) is 15.3. The molecule has 1 fully saturated rings. The fourth-order valence-corrected chi connectivity index (χ4v) is 3.33. The molecule has 198 valence electrons. The molecule has 0 unspecified atom stereocenters. The maximum Gasteiger partial charge on any atom is 0.411 e. The molecular formula is C23H39N5O7. The molecule has 0 radical (unpaired) electrons. The zero-order chi connectivity index (χ0) is 27.2. The van der Waals surface area contributed by atoms with E-state index in [2.05, 4.69) is 15.3 Å². The Kier molecular flexibility index (Phi) is 9.96. The predicted molar refractivity (Wildman–Crippen MR) is 127 cm³/mol. The molecule has 0 spiro atoms. The van der Waals surface area contributed by atoms with Crippen molar-refractivity contribution in [1.29, 1.82) is 0 Å². The molecule has 1 aliphatic heterocycles. The molecule has 1 heterocycles. The number of carbonyl (C=O) groups excluding carboxylic acids is 4. The molecule has 1 aliphatic rings. The molecule has 0 aromatic carbocycles. The molecule has 1 rings (SSSR count). The van der Waals surface area contributed by atoms with Crippen LogP contribution in [-0.2, 0) is 28.6 Å². The second kappa shape index (κ2) is 11.6. The van der Waals surface area contributed by atoms with Gasteiger partial charge in [-0.05, 0) is 87.1 Å². The quantitative estimate of drug-likeness (QED) is 0.183. The number of nitrogens with zero attached hydrogens (tertiary/aromatic N) is 4. The Morgan fingerprint density at radius 1 is 0.943 bits per heavy atom. The van der Waals surface area contributed by atoms with Crippen molar-refractivity contribution in [1.82, 2.24) is 10.2 Å². The van der Waals surface area contributed by atoms with Crippen molar-refractivity contribution < 1.29 is 33.4 Å². The minimum atomic E-state index is -1.16. The van der Waals surface area contributed by atoms with Gasteiger partial charge < -0.3 is 19.5 Å². The zero-order valence-electron chi connectivity index (χ0n) is 22.2. The fraction of sp³-hybridized carbons (Fsp3) is 0.826. The molecule has 2 amide bonds. The number of nitrogens with one attached hydrogen (secondary N) is 1. The maximum atomic E-state index is 13.2. The van der Waals surface area contributed by atoms with Crippen LogP contribution in [0.1, 0.15) is 88.0 Å². The van der Waals surface area contributed by atoms with Crippen LogP contribution < -0.4 is 5.32 Å². The molecule has 0 saturated carbocycles. The largest absolute Gasteiger partial charge is 0.460 e. The third-order valence-corrected chi connectivity index (χ3v) is 4.51. The van der Waals surface area contributed by atoms with Gasteiger partial charge in [-0.25, -0.2) is 9.59 Å². The number of carbonyl (C=O) groups is 4. The van der Waals surface area contributed by atoms with E-state index in [0.717, 1.165) is 4.90 Å². The molecular weight excluding hydrogens is 458 g/mol. The van der Waals surface area contributed by atoms with E-state index in [1.165, 1.54) is 0 Å². The highest BCUT2D eigenvalue weighted by molar-refractivity contribution is 5.90. The Labute approximate surface area is 206 Å². The number of hydrogen-bond acceptors (Lipinski definition) is 8. The van der Waals surface area contributed by atoms with E-state index in [-0.39, 0.29) is 25.7 Å². The number of likely N-dealkylation sites (tertiary alicyclic amines) is 1. The second-order valence-corrected chi connectivity index (χ2v) is 11.4. The summed E-state index contributed by atoms with van der Waals surface area (Å²) in [5.74, 6) is -1.89. The summed E-state index contributed by atoms with van der Waals surface area (Å²) < 4.78 is 16.1.